The van der Waals surface area contributed by atoms with E-state index in [-0.39, 0.29) is 6.23 Å². The third kappa shape index (κ3) is 4.43. The molecule has 0 aliphatic carbocycles. The molecule has 0 amide bonds. The average Bonchev–Trinajstić information content (AvgIpc) is 2.21. The van der Waals surface area contributed by atoms with E-state index in [0.717, 1.165) is 32.4 Å². The molecule has 0 saturated heterocycles. The van der Waals surface area contributed by atoms with Gasteiger partial charge >= 0.3 is 0 Å². The minimum absolute atomic E-state index is 0.232. The van der Waals surface area contributed by atoms with Crippen molar-refractivity contribution in [1.82, 2.24) is 4.90 Å². The second-order valence-corrected chi connectivity index (χ2v) is 4.00. The first kappa shape index (κ1) is 13.9. The normalized spacial score (nSPS) is 15.9. The number of aliphatic hydroxyl groups excluding tert-OH is 1. The van der Waals surface area contributed by atoms with Gasteiger partial charge < -0.3 is 5.11 Å². The van der Waals surface area contributed by atoms with Crippen molar-refractivity contribution in [2.45, 2.75) is 59.6 Å². The summed E-state index contributed by atoms with van der Waals surface area (Å²) in [5.74, 6) is 0.450. The number of rotatable bonds is 8. The molecule has 0 saturated carbocycles. The van der Waals surface area contributed by atoms with Gasteiger partial charge in [-0.2, -0.15) is 0 Å². The van der Waals surface area contributed by atoms with Crippen molar-refractivity contribution in [3.63, 3.8) is 0 Å². The molecular weight excluding hydrogens is 174 g/mol. The van der Waals surface area contributed by atoms with Crippen molar-refractivity contribution in [1.29, 1.82) is 0 Å². The van der Waals surface area contributed by atoms with Crippen LogP contribution in [0.3, 0.4) is 0 Å². The molecule has 2 heteroatoms. The van der Waals surface area contributed by atoms with Crippen LogP contribution in [0.5, 0.6) is 0 Å². The molecule has 1 N–H and O–H groups in total. The second kappa shape index (κ2) is 8.25. The van der Waals surface area contributed by atoms with Crippen LogP contribution in [0.15, 0.2) is 0 Å². The highest BCUT2D eigenvalue weighted by Crippen LogP contribution is 2.18. The molecule has 0 aliphatic rings. The minimum atomic E-state index is -0.232. The molecule has 2 nitrogen and oxygen atoms in total. The topological polar surface area (TPSA) is 23.5 Å². The lowest BCUT2D eigenvalue weighted by Gasteiger charge is -2.32. The molecule has 2 unspecified atom stereocenters. The third-order valence-electron chi connectivity index (χ3n) is 2.90. The predicted octanol–water partition coefficient (Wildman–Crippen LogP) is 2.86. The molecule has 0 heterocycles. The van der Waals surface area contributed by atoms with E-state index in [1.54, 1.807) is 0 Å². The highest BCUT2D eigenvalue weighted by Gasteiger charge is 2.21. The fraction of sp³-hybridized carbons (Fsp3) is 1.00. The molecule has 0 aliphatic heterocycles. The van der Waals surface area contributed by atoms with E-state index in [0.29, 0.717) is 5.92 Å². The summed E-state index contributed by atoms with van der Waals surface area (Å²) in [7, 11) is 0. The van der Waals surface area contributed by atoms with Gasteiger partial charge in [0.15, 0.2) is 0 Å². The largest absolute Gasteiger partial charge is 0.378 e. The van der Waals surface area contributed by atoms with Crippen molar-refractivity contribution in [2.24, 2.45) is 5.92 Å². The van der Waals surface area contributed by atoms with Crippen LogP contribution in [-0.4, -0.2) is 29.3 Å². The van der Waals surface area contributed by atoms with E-state index in [1.807, 2.05) is 0 Å². The van der Waals surface area contributed by atoms with E-state index in [2.05, 4.69) is 32.6 Å². The maximum absolute atomic E-state index is 10.2. The van der Waals surface area contributed by atoms with Crippen molar-refractivity contribution >= 4 is 0 Å². The molecule has 86 valence electrons. The smallest absolute Gasteiger partial charge is 0.110 e. The Morgan fingerprint density at radius 2 is 1.71 bits per heavy atom. The molecule has 14 heavy (non-hydrogen) atoms. The summed E-state index contributed by atoms with van der Waals surface area (Å²) in [5, 5.41) is 10.2. The lowest BCUT2D eigenvalue weighted by Crippen LogP contribution is -2.40. The van der Waals surface area contributed by atoms with Crippen LogP contribution in [0, 0.1) is 5.92 Å². The molecule has 0 aromatic heterocycles. The summed E-state index contributed by atoms with van der Waals surface area (Å²) in [6.07, 6.45) is 4.27. The summed E-state index contributed by atoms with van der Waals surface area (Å²) in [5.41, 5.74) is 0. The van der Waals surface area contributed by atoms with Gasteiger partial charge in [-0.05, 0) is 31.7 Å². The molecule has 0 aromatic rings. The summed E-state index contributed by atoms with van der Waals surface area (Å²) < 4.78 is 0. The van der Waals surface area contributed by atoms with Crippen molar-refractivity contribution < 1.29 is 5.11 Å². The van der Waals surface area contributed by atoms with Gasteiger partial charge in [-0.25, -0.2) is 0 Å². The van der Waals surface area contributed by atoms with Crippen molar-refractivity contribution in [2.75, 3.05) is 13.1 Å². The van der Waals surface area contributed by atoms with E-state index >= 15 is 0 Å². The molecule has 2 atom stereocenters. The maximum atomic E-state index is 10.2. The van der Waals surface area contributed by atoms with E-state index in [4.69, 9.17) is 0 Å². The van der Waals surface area contributed by atoms with Crippen LogP contribution in [0.25, 0.3) is 0 Å². The lowest BCUT2D eigenvalue weighted by atomic mass is 9.98. The SMILES string of the molecule is CCCC(CC)C(O)N(CC)CCC. The van der Waals surface area contributed by atoms with Gasteiger partial charge in [-0.3, -0.25) is 4.90 Å². The highest BCUT2D eigenvalue weighted by atomic mass is 16.3. The van der Waals surface area contributed by atoms with E-state index < -0.39 is 0 Å². The summed E-state index contributed by atoms with van der Waals surface area (Å²) >= 11 is 0. The molecule has 0 rings (SSSR count). The van der Waals surface area contributed by atoms with Crippen molar-refractivity contribution in [3.8, 4) is 0 Å². The Kier molecular flexibility index (Phi) is 8.20. The Morgan fingerprint density at radius 3 is 2.07 bits per heavy atom. The number of hydrogen-bond acceptors (Lipinski definition) is 2. The van der Waals surface area contributed by atoms with Crippen LogP contribution in [0.4, 0.5) is 0 Å². The summed E-state index contributed by atoms with van der Waals surface area (Å²) in [6, 6.07) is 0. The molecule has 0 bridgehead atoms. The summed E-state index contributed by atoms with van der Waals surface area (Å²) in [6.45, 7) is 10.6. The first-order chi connectivity index (χ1) is 6.71. The first-order valence-corrected chi connectivity index (χ1v) is 6.13. The van der Waals surface area contributed by atoms with Crippen LogP contribution in [0.2, 0.25) is 0 Å². The van der Waals surface area contributed by atoms with Gasteiger partial charge in [0.1, 0.15) is 6.23 Å². The zero-order valence-electron chi connectivity index (χ0n) is 10.3. The fourth-order valence-electron chi connectivity index (χ4n) is 2.00. The van der Waals surface area contributed by atoms with Gasteiger partial charge in [0.2, 0.25) is 0 Å². The second-order valence-electron chi connectivity index (χ2n) is 4.00. The number of hydrogen-bond donors (Lipinski definition) is 1. The van der Waals surface area contributed by atoms with Crippen LogP contribution in [-0.2, 0) is 0 Å². The zero-order valence-corrected chi connectivity index (χ0v) is 10.3. The highest BCUT2D eigenvalue weighted by molar-refractivity contribution is 4.68. The Bertz CT molecular complexity index is 113. The fourth-order valence-corrected chi connectivity index (χ4v) is 2.00. The minimum Gasteiger partial charge on any atom is -0.378 e. The van der Waals surface area contributed by atoms with Crippen LogP contribution >= 0.6 is 0 Å². The van der Waals surface area contributed by atoms with Gasteiger partial charge in [0.05, 0.1) is 0 Å². The molecule has 0 fully saturated rings. The Labute approximate surface area is 89.3 Å². The molecule has 0 aromatic carbocycles. The van der Waals surface area contributed by atoms with Gasteiger partial charge in [-0.1, -0.05) is 34.1 Å². The van der Waals surface area contributed by atoms with E-state index in [9.17, 15) is 5.11 Å². The monoisotopic (exact) mass is 201 g/mol. The van der Waals surface area contributed by atoms with Gasteiger partial charge in [0, 0.05) is 6.54 Å². The molecule has 0 radical (unpaired) electrons. The average molecular weight is 201 g/mol. The molecule has 0 spiro atoms. The quantitative estimate of drug-likeness (QED) is 0.610. The van der Waals surface area contributed by atoms with Crippen molar-refractivity contribution in [3.05, 3.63) is 0 Å². The Morgan fingerprint density at radius 1 is 1.07 bits per heavy atom. The standard InChI is InChI=1S/C12H27NO/c1-5-9-11(7-3)12(14)13(8-4)10-6-2/h11-12,14H,5-10H2,1-4H3. The Balaban J connectivity index is 4.13. The summed E-state index contributed by atoms with van der Waals surface area (Å²) in [4.78, 5) is 2.18. The lowest BCUT2D eigenvalue weighted by molar-refractivity contribution is -0.0412. The Hall–Kier alpha value is -0.0800. The van der Waals surface area contributed by atoms with E-state index in [1.165, 1.54) is 6.42 Å². The predicted molar refractivity (Wildman–Crippen MR) is 62.2 cm³/mol. The first-order valence-electron chi connectivity index (χ1n) is 6.13. The number of nitrogens with zero attached hydrogens (tertiary/aromatic N) is 1. The van der Waals surface area contributed by atoms with Gasteiger partial charge in [0.25, 0.3) is 0 Å². The van der Waals surface area contributed by atoms with Gasteiger partial charge in [-0.15, -0.1) is 0 Å². The van der Waals surface area contributed by atoms with Crippen LogP contribution < -0.4 is 0 Å². The molecular formula is C12H27NO. The third-order valence-corrected chi connectivity index (χ3v) is 2.90. The maximum Gasteiger partial charge on any atom is 0.110 e. The zero-order chi connectivity index (χ0) is 11.0. The number of aliphatic hydroxyl groups is 1. The van der Waals surface area contributed by atoms with Crippen LogP contribution in [0.1, 0.15) is 53.4 Å².